The van der Waals surface area contributed by atoms with Crippen LogP contribution in [0.25, 0.3) is 0 Å². The van der Waals surface area contributed by atoms with E-state index < -0.39 is 0 Å². The summed E-state index contributed by atoms with van der Waals surface area (Å²) in [5.74, 6) is 1.72. The Morgan fingerprint density at radius 1 is 1.38 bits per heavy atom. The molecule has 0 saturated carbocycles. The summed E-state index contributed by atoms with van der Waals surface area (Å²) in [6, 6.07) is 8.06. The standard InChI is InChI=1S/C15H20ClN3OS/c1-4-19-15(14(20-3)9-18-19)13(17-2)10-21-12-7-5-11(16)6-8-12/h5-9,13,17H,4,10H2,1-3H3. The number of hydrogen-bond acceptors (Lipinski definition) is 4. The molecule has 0 aliphatic heterocycles. The molecule has 0 spiro atoms. The Balaban J connectivity index is 2.12. The Morgan fingerprint density at radius 2 is 2.10 bits per heavy atom. The second-order valence-corrected chi connectivity index (χ2v) is 6.05. The summed E-state index contributed by atoms with van der Waals surface area (Å²) in [6.45, 7) is 2.90. The highest BCUT2D eigenvalue weighted by Gasteiger charge is 2.20. The van der Waals surface area contributed by atoms with Gasteiger partial charge in [-0.25, -0.2) is 0 Å². The zero-order valence-corrected chi connectivity index (χ0v) is 14.0. The molecule has 6 heteroatoms. The van der Waals surface area contributed by atoms with Crippen molar-refractivity contribution in [2.75, 3.05) is 19.9 Å². The normalized spacial score (nSPS) is 12.4. The highest BCUT2D eigenvalue weighted by Crippen LogP contribution is 2.30. The van der Waals surface area contributed by atoms with Crippen LogP contribution in [0.15, 0.2) is 35.4 Å². The highest BCUT2D eigenvalue weighted by molar-refractivity contribution is 7.99. The summed E-state index contributed by atoms with van der Waals surface area (Å²) in [5.41, 5.74) is 1.09. The predicted molar refractivity (Wildman–Crippen MR) is 88.4 cm³/mol. The molecule has 0 aliphatic rings. The van der Waals surface area contributed by atoms with Crippen molar-refractivity contribution in [1.82, 2.24) is 15.1 Å². The minimum Gasteiger partial charge on any atom is -0.493 e. The first kappa shape index (κ1) is 16.2. The van der Waals surface area contributed by atoms with Crippen molar-refractivity contribution < 1.29 is 4.74 Å². The molecule has 21 heavy (non-hydrogen) atoms. The van der Waals surface area contributed by atoms with Crippen molar-refractivity contribution in [3.63, 3.8) is 0 Å². The second kappa shape index (κ2) is 7.73. The molecule has 1 aromatic heterocycles. The molecule has 1 N–H and O–H groups in total. The fourth-order valence-corrected chi connectivity index (χ4v) is 3.29. The smallest absolute Gasteiger partial charge is 0.161 e. The van der Waals surface area contributed by atoms with Gasteiger partial charge in [-0.1, -0.05) is 11.6 Å². The van der Waals surface area contributed by atoms with E-state index >= 15 is 0 Å². The predicted octanol–water partition coefficient (Wildman–Crippen LogP) is 3.62. The number of aromatic nitrogens is 2. The van der Waals surface area contributed by atoms with Crippen LogP contribution in [0.2, 0.25) is 5.02 Å². The summed E-state index contributed by atoms with van der Waals surface area (Å²) < 4.78 is 7.40. The monoisotopic (exact) mass is 325 g/mol. The van der Waals surface area contributed by atoms with E-state index in [1.54, 1.807) is 25.1 Å². The van der Waals surface area contributed by atoms with Crippen LogP contribution in [0, 0.1) is 0 Å². The van der Waals surface area contributed by atoms with Crippen LogP contribution in [0.1, 0.15) is 18.7 Å². The van der Waals surface area contributed by atoms with Gasteiger partial charge < -0.3 is 10.1 Å². The van der Waals surface area contributed by atoms with Gasteiger partial charge in [0.25, 0.3) is 0 Å². The minimum absolute atomic E-state index is 0.170. The third kappa shape index (κ3) is 3.93. The molecule has 1 atom stereocenters. The maximum atomic E-state index is 5.91. The first-order valence-electron chi connectivity index (χ1n) is 6.84. The van der Waals surface area contributed by atoms with Crippen LogP contribution >= 0.6 is 23.4 Å². The van der Waals surface area contributed by atoms with Gasteiger partial charge in [-0.3, -0.25) is 4.68 Å². The molecule has 4 nitrogen and oxygen atoms in total. The van der Waals surface area contributed by atoms with Crippen LogP contribution in [0.5, 0.6) is 5.75 Å². The number of benzene rings is 1. The summed E-state index contributed by atoms with van der Waals surface area (Å²) in [6.07, 6.45) is 1.77. The number of methoxy groups -OCH3 is 1. The van der Waals surface area contributed by atoms with Crippen molar-refractivity contribution in [3.8, 4) is 5.75 Å². The van der Waals surface area contributed by atoms with E-state index in [9.17, 15) is 0 Å². The van der Waals surface area contributed by atoms with E-state index in [2.05, 4.69) is 17.3 Å². The van der Waals surface area contributed by atoms with Gasteiger partial charge in [0.1, 0.15) is 0 Å². The van der Waals surface area contributed by atoms with Gasteiger partial charge in [0, 0.05) is 22.2 Å². The Morgan fingerprint density at radius 3 is 2.67 bits per heavy atom. The molecule has 0 radical (unpaired) electrons. The van der Waals surface area contributed by atoms with Gasteiger partial charge >= 0.3 is 0 Å². The van der Waals surface area contributed by atoms with Crippen LogP contribution in [0.3, 0.4) is 0 Å². The average Bonchev–Trinajstić information content (AvgIpc) is 2.93. The van der Waals surface area contributed by atoms with E-state index in [0.29, 0.717) is 0 Å². The lowest BCUT2D eigenvalue weighted by atomic mass is 10.2. The molecule has 0 saturated heterocycles. The van der Waals surface area contributed by atoms with Gasteiger partial charge in [0.05, 0.1) is 25.0 Å². The molecule has 0 bridgehead atoms. The summed E-state index contributed by atoms with van der Waals surface area (Å²) in [4.78, 5) is 1.20. The van der Waals surface area contributed by atoms with E-state index in [4.69, 9.17) is 16.3 Å². The van der Waals surface area contributed by atoms with Crippen LogP contribution in [-0.4, -0.2) is 29.7 Å². The Bertz CT molecular complexity index is 549. The molecule has 2 aromatic rings. The molecule has 1 aromatic carbocycles. The van der Waals surface area contributed by atoms with E-state index in [1.807, 2.05) is 36.0 Å². The number of ether oxygens (including phenoxy) is 1. The molecular formula is C15H20ClN3OS. The largest absolute Gasteiger partial charge is 0.493 e. The van der Waals surface area contributed by atoms with Gasteiger partial charge in [-0.05, 0) is 38.2 Å². The van der Waals surface area contributed by atoms with E-state index in [1.165, 1.54) is 4.90 Å². The van der Waals surface area contributed by atoms with Gasteiger partial charge in [0.2, 0.25) is 0 Å². The highest BCUT2D eigenvalue weighted by atomic mass is 35.5. The van der Waals surface area contributed by atoms with Gasteiger partial charge in [0.15, 0.2) is 5.75 Å². The lowest BCUT2D eigenvalue weighted by molar-refractivity contribution is 0.399. The third-order valence-corrected chi connectivity index (χ3v) is 4.63. The Labute approximate surface area is 134 Å². The molecular weight excluding hydrogens is 306 g/mol. The SMILES string of the molecule is CCn1ncc(OC)c1C(CSc1ccc(Cl)cc1)NC. The first-order chi connectivity index (χ1) is 10.2. The van der Waals surface area contributed by atoms with E-state index in [0.717, 1.165) is 28.8 Å². The Kier molecular flexibility index (Phi) is 5.96. The van der Waals surface area contributed by atoms with Crippen molar-refractivity contribution in [1.29, 1.82) is 0 Å². The number of aryl methyl sites for hydroxylation is 1. The quantitative estimate of drug-likeness (QED) is 0.789. The second-order valence-electron chi connectivity index (χ2n) is 4.52. The third-order valence-electron chi connectivity index (χ3n) is 3.27. The number of rotatable bonds is 7. The number of halogens is 1. The maximum Gasteiger partial charge on any atom is 0.161 e. The molecule has 1 heterocycles. The minimum atomic E-state index is 0.170. The van der Waals surface area contributed by atoms with Gasteiger partial charge in [-0.15, -0.1) is 11.8 Å². The van der Waals surface area contributed by atoms with Crippen LogP contribution < -0.4 is 10.1 Å². The number of hydrogen-bond donors (Lipinski definition) is 1. The molecule has 0 fully saturated rings. The first-order valence-corrected chi connectivity index (χ1v) is 8.21. The molecule has 0 amide bonds. The fraction of sp³-hybridized carbons (Fsp3) is 0.400. The lowest BCUT2D eigenvalue weighted by Crippen LogP contribution is -2.23. The van der Waals surface area contributed by atoms with Crippen LogP contribution in [0.4, 0.5) is 0 Å². The molecule has 0 aliphatic carbocycles. The maximum absolute atomic E-state index is 5.91. The van der Waals surface area contributed by atoms with Crippen molar-refractivity contribution in [2.45, 2.75) is 24.4 Å². The zero-order chi connectivity index (χ0) is 15.2. The van der Waals surface area contributed by atoms with Crippen LogP contribution in [-0.2, 0) is 6.54 Å². The average molecular weight is 326 g/mol. The molecule has 2 rings (SSSR count). The van der Waals surface area contributed by atoms with E-state index in [-0.39, 0.29) is 6.04 Å². The topological polar surface area (TPSA) is 39.1 Å². The summed E-state index contributed by atoms with van der Waals surface area (Å²) in [5, 5.41) is 8.47. The number of nitrogens with one attached hydrogen (secondary N) is 1. The van der Waals surface area contributed by atoms with Crippen molar-refractivity contribution >= 4 is 23.4 Å². The summed E-state index contributed by atoms with van der Waals surface area (Å²) in [7, 11) is 3.64. The van der Waals surface area contributed by atoms with Crippen molar-refractivity contribution in [2.24, 2.45) is 0 Å². The fourth-order valence-electron chi connectivity index (χ4n) is 2.15. The van der Waals surface area contributed by atoms with Crippen molar-refractivity contribution in [3.05, 3.63) is 41.2 Å². The number of thioether (sulfide) groups is 1. The lowest BCUT2D eigenvalue weighted by Gasteiger charge is -2.18. The molecule has 1 unspecified atom stereocenters. The van der Waals surface area contributed by atoms with Gasteiger partial charge in [-0.2, -0.15) is 5.10 Å². The zero-order valence-electron chi connectivity index (χ0n) is 12.5. The summed E-state index contributed by atoms with van der Waals surface area (Å²) >= 11 is 7.69. The Hall–Kier alpha value is -1.17. The molecule has 114 valence electrons. The number of nitrogens with zero attached hydrogens (tertiary/aromatic N) is 2.